The molecule has 2 aliphatic rings. The van der Waals surface area contributed by atoms with Crippen LogP contribution in [0.15, 0.2) is 102 Å². The quantitative estimate of drug-likeness (QED) is 0.376. The average Bonchev–Trinajstić information content (AvgIpc) is 2.87. The number of hydrogen-bond acceptors (Lipinski definition) is 4. The molecule has 1 unspecified atom stereocenters. The van der Waals surface area contributed by atoms with Gasteiger partial charge in [0.1, 0.15) is 5.83 Å². The Morgan fingerprint density at radius 2 is 2.09 bits per heavy atom. The minimum Gasteiger partial charge on any atom is -0.359 e. The molecule has 0 radical (unpaired) electrons. The first-order chi connectivity index (χ1) is 16.9. The number of nitrogens with two attached hydrogens (primary N) is 1. The summed E-state index contributed by atoms with van der Waals surface area (Å²) >= 11 is 0. The van der Waals surface area contributed by atoms with Crippen LogP contribution in [-0.4, -0.2) is 17.7 Å². The summed E-state index contributed by atoms with van der Waals surface area (Å²) in [5.41, 5.74) is 13.7. The highest BCUT2D eigenvalue weighted by Gasteiger charge is 2.41. The van der Waals surface area contributed by atoms with Gasteiger partial charge in [0.25, 0.3) is 0 Å². The van der Waals surface area contributed by atoms with Crippen molar-refractivity contribution >= 4 is 11.8 Å². The molecule has 1 atom stereocenters. The molecule has 0 aliphatic heterocycles. The van der Waals surface area contributed by atoms with Gasteiger partial charge < -0.3 is 16.5 Å². The van der Waals surface area contributed by atoms with Crippen molar-refractivity contribution < 1.29 is 4.39 Å². The lowest BCUT2D eigenvalue weighted by atomic mass is 9.62. The van der Waals surface area contributed by atoms with E-state index in [4.69, 9.17) is 11.1 Å². The molecule has 4 nitrogen and oxygen atoms in total. The SMILES string of the molecule is C=C(c1ccccn1)C1(Cc2cccc(C)c2)CC(C=N)=C(NC2=CC=C(F)CC2)C=C1CCN. The lowest BCUT2D eigenvalue weighted by molar-refractivity contribution is 0.449. The molecule has 2 aromatic rings. The number of nitrogens with zero attached hydrogens (tertiary/aromatic N) is 1. The number of aryl methyl sites for hydroxylation is 1. The molecule has 0 bridgehead atoms. The molecule has 4 rings (SSSR count). The van der Waals surface area contributed by atoms with Crippen molar-refractivity contribution in [1.82, 2.24) is 10.3 Å². The van der Waals surface area contributed by atoms with Crippen molar-refractivity contribution in [2.45, 2.75) is 39.0 Å². The molecule has 4 N–H and O–H groups in total. The highest BCUT2D eigenvalue weighted by Crippen LogP contribution is 2.51. The van der Waals surface area contributed by atoms with E-state index in [0.717, 1.165) is 34.7 Å². The second-order valence-electron chi connectivity index (χ2n) is 9.34. The van der Waals surface area contributed by atoms with E-state index >= 15 is 0 Å². The maximum Gasteiger partial charge on any atom is 0.100 e. The highest BCUT2D eigenvalue weighted by molar-refractivity contribution is 5.82. The van der Waals surface area contributed by atoms with Crippen LogP contribution in [0.4, 0.5) is 4.39 Å². The summed E-state index contributed by atoms with van der Waals surface area (Å²) in [7, 11) is 0. The zero-order valence-corrected chi connectivity index (χ0v) is 20.3. The molecule has 0 saturated carbocycles. The Morgan fingerprint density at radius 1 is 1.23 bits per heavy atom. The van der Waals surface area contributed by atoms with Gasteiger partial charge in [-0.05, 0) is 86.2 Å². The molecule has 0 amide bonds. The minimum atomic E-state index is -0.466. The topological polar surface area (TPSA) is 74.8 Å². The molecule has 0 saturated heterocycles. The molecule has 2 aliphatic carbocycles. The van der Waals surface area contributed by atoms with Gasteiger partial charge in [-0.25, -0.2) is 4.39 Å². The van der Waals surface area contributed by atoms with Crippen LogP contribution in [0.1, 0.15) is 42.5 Å². The van der Waals surface area contributed by atoms with Gasteiger partial charge in [-0.2, -0.15) is 0 Å². The predicted molar refractivity (Wildman–Crippen MR) is 142 cm³/mol. The Hall–Kier alpha value is -3.57. The third kappa shape index (κ3) is 5.41. The van der Waals surface area contributed by atoms with E-state index in [1.165, 1.54) is 29.0 Å². The first-order valence-electron chi connectivity index (χ1n) is 12.1. The van der Waals surface area contributed by atoms with E-state index in [2.05, 4.69) is 54.1 Å². The first-order valence-corrected chi connectivity index (χ1v) is 12.1. The van der Waals surface area contributed by atoms with Gasteiger partial charge in [0.2, 0.25) is 0 Å². The van der Waals surface area contributed by atoms with E-state index in [1.807, 2.05) is 18.2 Å². The zero-order valence-electron chi connectivity index (χ0n) is 20.3. The lowest BCUT2D eigenvalue weighted by Crippen LogP contribution is -2.34. The van der Waals surface area contributed by atoms with Crippen LogP contribution in [0.25, 0.3) is 5.57 Å². The van der Waals surface area contributed by atoms with E-state index in [-0.39, 0.29) is 5.83 Å². The maximum absolute atomic E-state index is 13.5. The normalized spacial score (nSPS) is 20.0. The molecular formula is C30H33FN4. The van der Waals surface area contributed by atoms with E-state index in [1.54, 1.807) is 12.3 Å². The predicted octanol–water partition coefficient (Wildman–Crippen LogP) is 6.34. The molecule has 0 spiro atoms. The number of aromatic nitrogens is 1. The van der Waals surface area contributed by atoms with Gasteiger partial charge in [0.05, 0.1) is 5.69 Å². The number of benzene rings is 1. The van der Waals surface area contributed by atoms with E-state index in [0.29, 0.717) is 32.2 Å². The lowest BCUT2D eigenvalue weighted by Gasteiger charge is -2.42. The van der Waals surface area contributed by atoms with Gasteiger partial charge in [-0.15, -0.1) is 0 Å². The molecule has 5 heteroatoms. The molecule has 180 valence electrons. The van der Waals surface area contributed by atoms with Crippen LogP contribution < -0.4 is 11.1 Å². The first kappa shape index (κ1) is 24.6. The average molecular weight is 469 g/mol. The van der Waals surface area contributed by atoms with Crippen LogP contribution in [0.2, 0.25) is 0 Å². The Morgan fingerprint density at radius 3 is 2.74 bits per heavy atom. The largest absolute Gasteiger partial charge is 0.359 e. The van der Waals surface area contributed by atoms with Crippen molar-refractivity contribution in [3.8, 4) is 0 Å². The second-order valence-corrected chi connectivity index (χ2v) is 9.34. The van der Waals surface area contributed by atoms with Crippen LogP contribution >= 0.6 is 0 Å². The number of hydrogen-bond donors (Lipinski definition) is 3. The number of nitrogens with one attached hydrogen (secondary N) is 2. The fraction of sp³-hybridized carbons (Fsp3) is 0.267. The molecule has 1 aromatic heterocycles. The summed E-state index contributed by atoms with van der Waals surface area (Å²) in [6.07, 6.45) is 11.7. The fourth-order valence-corrected chi connectivity index (χ4v) is 5.08. The summed E-state index contributed by atoms with van der Waals surface area (Å²) in [6, 6.07) is 14.4. The van der Waals surface area contributed by atoms with Gasteiger partial charge >= 0.3 is 0 Å². The maximum atomic E-state index is 13.5. The summed E-state index contributed by atoms with van der Waals surface area (Å²) in [4.78, 5) is 4.63. The van der Waals surface area contributed by atoms with E-state index in [9.17, 15) is 4.39 Å². The van der Waals surface area contributed by atoms with Gasteiger partial charge in [-0.3, -0.25) is 4.98 Å². The zero-order chi connectivity index (χ0) is 24.8. The third-order valence-corrected chi connectivity index (χ3v) is 6.89. The van der Waals surface area contributed by atoms with Crippen molar-refractivity contribution in [3.63, 3.8) is 0 Å². The summed E-state index contributed by atoms with van der Waals surface area (Å²) in [5.74, 6) is -0.108. The molecule has 1 heterocycles. The van der Waals surface area contributed by atoms with Crippen LogP contribution in [-0.2, 0) is 6.42 Å². The standard InChI is InChI=1S/C30H33FN4/c1-21-6-5-7-23(16-21)18-30(22(2)28-8-3-4-15-34-28)19-24(20-33)29(17-25(30)13-14-32)35-27-11-9-26(31)10-12-27/h3-9,11,15-17,20,33,35H,2,10,12-14,18-19,32H2,1H3. The van der Waals surface area contributed by atoms with Crippen LogP contribution in [0.3, 0.4) is 0 Å². The Balaban J connectivity index is 1.81. The monoisotopic (exact) mass is 468 g/mol. The van der Waals surface area contributed by atoms with Crippen molar-refractivity contribution in [1.29, 1.82) is 5.41 Å². The second kappa shape index (κ2) is 10.8. The highest BCUT2D eigenvalue weighted by atomic mass is 19.1. The smallest absolute Gasteiger partial charge is 0.100 e. The number of halogens is 1. The Kier molecular flexibility index (Phi) is 7.57. The third-order valence-electron chi connectivity index (χ3n) is 6.89. The molecule has 0 fully saturated rings. The number of rotatable bonds is 9. The van der Waals surface area contributed by atoms with Crippen LogP contribution in [0.5, 0.6) is 0 Å². The number of allylic oxidation sites excluding steroid dienone is 7. The van der Waals surface area contributed by atoms with Crippen molar-refractivity contribution in [3.05, 3.63) is 119 Å². The Labute approximate surface area is 207 Å². The van der Waals surface area contributed by atoms with Crippen molar-refractivity contribution in [2.24, 2.45) is 11.1 Å². The fourth-order valence-electron chi connectivity index (χ4n) is 5.08. The van der Waals surface area contributed by atoms with Gasteiger partial charge in [-0.1, -0.05) is 48.0 Å². The molecule has 35 heavy (non-hydrogen) atoms. The van der Waals surface area contributed by atoms with Gasteiger partial charge in [0, 0.05) is 35.6 Å². The minimum absolute atomic E-state index is 0.108. The number of pyridine rings is 1. The molecular weight excluding hydrogens is 435 g/mol. The summed E-state index contributed by atoms with van der Waals surface area (Å²) in [5, 5.41) is 11.7. The summed E-state index contributed by atoms with van der Waals surface area (Å²) in [6.45, 7) is 7.17. The van der Waals surface area contributed by atoms with E-state index < -0.39 is 5.41 Å². The van der Waals surface area contributed by atoms with Crippen LogP contribution in [0, 0.1) is 17.7 Å². The Bertz CT molecular complexity index is 1240. The summed E-state index contributed by atoms with van der Waals surface area (Å²) < 4.78 is 13.5. The van der Waals surface area contributed by atoms with Gasteiger partial charge in [0.15, 0.2) is 0 Å². The van der Waals surface area contributed by atoms with Crippen molar-refractivity contribution in [2.75, 3.05) is 6.54 Å². The molecule has 1 aromatic carbocycles.